The molecule has 0 unspecified atom stereocenters. The van der Waals surface area contributed by atoms with Gasteiger partial charge in [0.2, 0.25) is 0 Å². The molecule has 90 valence electrons. The van der Waals surface area contributed by atoms with Gasteiger partial charge in [0.1, 0.15) is 0 Å². The van der Waals surface area contributed by atoms with Crippen LogP contribution in [-0.4, -0.2) is 28.0 Å². The SMILES string of the molecule is FC1(F)C(F)(F)[C@](F)(Cl)[C@](F)(Cl)C1(F)F. The van der Waals surface area contributed by atoms with Crippen LogP contribution in [0.15, 0.2) is 0 Å². The molecular weight excluding hydrogens is 283 g/mol. The van der Waals surface area contributed by atoms with E-state index < -0.39 is 28.0 Å². The van der Waals surface area contributed by atoms with Gasteiger partial charge >= 0.3 is 28.0 Å². The van der Waals surface area contributed by atoms with Crippen molar-refractivity contribution in [3.63, 3.8) is 0 Å². The molecule has 0 aromatic heterocycles. The van der Waals surface area contributed by atoms with E-state index in [1.165, 1.54) is 0 Å². The highest BCUT2D eigenvalue weighted by Gasteiger charge is 2.99. The van der Waals surface area contributed by atoms with Gasteiger partial charge in [0.05, 0.1) is 0 Å². The first-order chi connectivity index (χ1) is 6.25. The lowest BCUT2D eigenvalue weighted by Gasteiger charge is -2.25. The minimum atomic E-state index is -6.33. The van der Waals surface area contributed by atoms with E-state index in [0.29, 0.717) is 0 Å². The van der Waals surface area contributed by atoms with Crippen molar-refractivity contribution in [1.82, 2.24) is 0 Å². The zero-order valence-electron chi connectivity index (χ0n) is 6.28. The first-order valence-corrected chi connectivity index (χ1v) is 3.90. The van der Waals surface area contributed by atoms with E-state index in [4.69, 9.17) is 0 Å². The Morgan fingerprint density at radius 1 is 0.467 bits per heavy atom. The summed E-state index contributed by atoms with van der Waals surface area (Å²) in [6.45, 7) is 0. The maximum absolute atomic E-state index is 12.7. The molecule has 0 nitrogen and oxygen atoms in total. The van der Waals surface area contributed by atoms with Crippen LogP contribution < -0.4 is 0 Å². The predicted molar refractivity (Wildman–Crippen MR) is 34.2 cm³/mol. The highest BCUT2D eigenvalue weighted by atomic mass is 35.5. The number of rotatable bonds is 0. The topological polar surface area (TPSA) is 0 Å². The van der Waals surface area contributed by atoms with Gasteiger partial charge in [-0.2, -0.15) is 26.3 Å². The van der Waals surface area contributed by atoms with Crippen LogP contribution in [0.3, 0.4) is 0 Å². The Labute approximate surface area is 87.1 Å². The van der Waals surface area contributed by atoms with Crippen LogP contribution in [0.5, 0.6) is 0 Å². The molecule has 1 aliphatic carbocycles. The van der Waals surface area contributed by atoms with E-state index in [0.717, 1.165) is 0 Å². The third kappa shape index (κ3) is 0.999. The molecule has 0 aromatic carbocycles. The molecular formula is C5Cl2F8. The van der Waals surface area contributed by atoms with Gasteiger partial charge in [-0.25, -0.2) is 8.78 Å². The summed E-state index contributed by atoms with van der Waals surface area (Å²) in [4.78, 5) is 0. The molecule has 1 saturated carbocycles. The molecule has 0 radical (unpaired) electrons. The van der Waals surface area contributed by atoms with Crippen molar-refractivity contribution in [2.75, 3.05) is 0 Å². The van der Waals surface area contributed by atoms with E-state index in [9.17, 15) is 35.1 Å². The van der Waals surface area contributed by atoms with Crippen molar-refractivity contribution >= 4 is 23.2 Å². The fraction of sp³-hybridized carbons (Fsp3) is 1.00. The molecule has 15 heavy (non-hydrogen) atoms. The average Bonchev–Trinajstić information content (AvgIpc) is 2.04. The lowest BCUT2D eigenvalue weighted by molar-refractivity contribution is -0.285. The van der Waals surface area contributed by atoms with E-state index in [-0.39, 0.29) is 0 Å². The molecule has 0 N–H and O–H groups in total. The molecule has 0 aromatic rings. The largest absolute Gasteiger partial charge is 0.381 e. The predicted octanol–water partition coefficient (Wildman–Crippen LogP) is 3.72. The Balaban J connectivity index is 3.55. The molecule has 0 bridgehead atoms. The van der Waals surface area contributed by atoms with E-state index in [1.807, 2.05) is 0 Å². The quantitative estimate of drug-likeness (QED) is 0.469. The van der Waals surface area contributed by atoms with Crippen LogP contribution in [0.1, 0.15) is 0 Å². The van der Waals surface area contributed by atoms with Gasteiger partial charge < -0.3 is 0 Å². The van der Waals surface area contributed by atoms with Crippen molar-refractivity contribution in [3.05, 3.63) is 0 Å². The first-order valence-electron chi connectivity index (χ1n) is 3.14. The summed E-state index contributed by atoms with van der Waals surface area (Å²) in [5.74, 6) is -18.6. The third-order valence-electron chi connectivity index (χ3n) is 1.97. The summed E-state index contributed by atoms with van der Waals surface area (Å²) in [6, 6.07) is 0. The molecule has 0 amide bonds. The van der Waals surface area contributed by atoms with Crippen LogP contribution in [0.25, 0.3) is 0 Å². The van der Waals surface area contributed by atoms with Gasteiger partial charge in [-0.3, -0.25) is 0 Å². The average molecular weight is 283 g/mol. The Morgan fingerprint density at radius 2 is 0.667 bits per heavy atom. The van der Waals surface area contributed by atoms with Crippen molar-refractivity contribution in [2.45, 2.75) is 28.0 Å². The van der Waals surface area contributed by atoms with Gasteiger partial charge in [-0.05, 0) is 0 Å². The molecule has 0 heterocycles. The van der Waals surface area contributed by atoms with E-state index in [1.54, 1.807) is 0 Å². The fourth-order valence-corrected chi connectivity index (χ4v) is 1.46. The number of hydrogen-bond donors (Lipinski definition) is 0. The highest BCUT2D eigenvalue weighted by molar-refractivity contribution is 6.35. The third-order valence-corrected chi connectivity index (χ3v) is 3.06. The lowest BCUT2D eigenvalue weighted by atomic mass is 10.2. The maximum atomic E-state index is 12.7. The minimum Gasteiger partial charge on any atom is -0.214 e. The van der Waals surface area contributed by atoms with Crippen molar-refractivity contribution < 1.29 is 35.1 Å². The lowest BCUT2D eigenvalue weighted by Crippen LogP contribution is -2.50. The summed E-state index contributed by atoms with van der Waals surface area (Å²) in [7, 11) is 0. The number of hydrogen-bond acceptors (Lipinski definition) is 0. The van der Waals surface area contributed by atoms with Gasteiger partial charge in [-0.1, -0.05) is 23.2 Å². The first kappa shape index (κ1) is 13.1. The summed E-state index contributed by atoms with van der Waals surface area (Å²) in [5, 5.41) is -10.8. The van der Waals surface area contributed by atoms with Gasteiger partial charge in [-0.15, -0.1) is 0 Å². The Hall–Kier alpha value is 0.0200. The highest BCUT2D eigenvalue weighted by Crippen LogP contribution is 2.71. The second-order valence-electron chi connectivity index (χ2n) is 2.87. The minimum absolute atomic E-state index is 4.04. The smallest absolute Gasteiger partial charge is 0.214 e. The Morgan fingerprint density at radius 3 is 0.733 bits per heavy atom. The zero-order chi connectivity index (χ0) is 12.5. The molecule has 0 spiro atoms. The molecule has 0 aliphatic heterocycles. The van der Waals surface area contributed by atoms with Crippen LogP contribution in [-0.2, 0) is 0 Å². The summed E-state index contributed by atoms with van der Waals surface area (Å²) < 4.78 is 99.8. The molecule has 10 heteroatoms. The molecule has 1 aliphatic rings. The maximum Gasteiger partial charge on any atom is 0.381 e. The van der Waals surface area contributed by atoms with Crippen LogP contribution in [0.2, 0.25) is 0 Å². The van der Waals surface area contributed by atoms with E-state index in [2.05, 4.69) is 23.2 Å². The molecule has 1 rings (SSSR count). The van der Waals surface area contributed by atoms with Crippen molar-refractivity contribution in [1.29, 1.82) is 0 Å². The number of alkyl halides is 10. The molecule has 0 saturated heterocycles. The van der Waals surface area contributed by atoms with Crippen LogP contribution in [0.4, 0.5) is 35.1 Å². The van der Waals surface area contributed by atoms with E-state index >= 15 is 0 Å². The number of halogens is 10. The van der Waals surface area contributed by atoms with Crippen LogP contribution in [0, 0.1) is 0 Å². The summed E-state index contributed by atoms with van der Waals surface area (Å²) in [6.07, 6.45) is 0. The fourth-order valence-electron chi connectivity index (χ4n) is 0.986. The molecule has 1 fully saturated rings. The molecule has 2 atom stereocenters. The Kier molecular flexibility index (Phi) is 2.30. The van der Waals surface area contributed by atoms with Crippen molar-refractivity contribution in [3.8, 4) is 0 Å². The normalized spacial score (nSPS) is 46.8. The van der Waals surface area contributed by atoms with Gasteiger partial charge in [0, 0.05) is 0 Å². The monoisotopic (exact) mass is 282 g/mol. The summed E-state index contributed by atoms with van der Waals surface area (Å²) >= 11 is 8.07. The summed E-state index contributed by atoms with van der Waals surface area (Å²) in [5.41, 5.74) is 0. The van der Waals surface area contributed by atoms with Gasteiger partial charge in [0.25, 0.3) is 0 Å². The van der Waals surface area contributed by atoms with Gasteiger partial charge in [0.15, 0.2) is 0 Å². The van der Waals surface area contributed by atoms with Crippen molar-refractivity contribution in [2.24, 2.45) is 0 Å². The second-order valence-corrected chi connectivity index (χ2v) is 3.91. The zero-order valence-corrected chi connectivity index (χ0v) is 7.79. The Bertz CT molecular complexity index is 206. The van der Waals surface area contributed by atoms with Crippen LogP contribution >= 0.6 is 23.2 Å². The standard InChI is InChI=1S/C5Cl2F8/c6-1(8)2(7,9)4(12,13)5(14,15)3(1,10)11/t1-,2+. The second kappa shape index (κ2) is 2.64.